The van der Waals surface area contributed by atoms with Gasteiger partial charge < -0.3 is 9.64 Å². The van der Waals surface area contributed by atoms with Crippen LogP contribution in [0.3, 0.4) is 0 Å². The number of nitrogens with zero attached hydrogens (tertiary/aromatic N) is 4. The van der Waals surface area contributed by atoms with Gasteiger partial charge in [-0.25, -0.2) is 27.5 Å². The summed E-state index contributed by atoms with van der Waals surface area (Å²) in [7, 11) is 0.237. The quantitative estimate of drug-likeness (QED) is 0.208. The molecule has 0 unspecified atom stereocenters. The maximum atomic E-state index is 15.1. The van der Waals surface area contributed by atoms with Crippen LogP contribution < -0.4 is 4.90 Å². The van der Waals surface area contributed by atoms with E-state index < -0.39 is 48.7 Å². The molecule has 0 aliphatic carbocycles. The number of hydrogen-bond donors (Lipinski definition) is 0. The van der Waals surface area contributed by atoms with Crippen LogP contribution in [0.5, 0.6) is 0 Å². The van der Waals surface area contributed by atoms with Crippen molar-refractivity contribution in [1.29, 1.82) is 0 Å². The summed E-state index contributed by atoms with van der Waals surface area (Å²) in [6, 6.07) is 7.47. The summed E-state index contributed by atoms with van der Waals surface area (Å²) in [4.78, 5) is 28.4. The van der Waals surface area contributed by atoms with Gasteiger partial charge in [0, 0.05) is 44.6 Å². The van der Waals surface area contributed by atoms with E-state index in [1.807, 2.05) is 0 Å². The first-order chi connectivity index (χ1) is 18.8. The number of halogens is 3. The molecule has 4 rings (SSSR count). The number of carbonyl (C=O) groups is 2. The van der Waals surface area contributed by atoms with Crippen LogP contribution in [0.2, 0.25) is 25.7 Å². The maximum Gasteiger partial charge on any atom is 0.332 e. The summed E-state index contributed by atoms with van der Waals surface area (Å²) < 4.78 is 51.0. The number of imide groups is 1. The third-order valence-electron chi connectivity index (χ3n) is 6.85. The van der Waals surface area contributed by atoms with Crippen LogP contribution in [0.25, 0.3) is 0 Å². The normalized spacial score (nSPS) is 17.7. The van der Waals surface area contributed by atoms with E-state index in [2.05, 4.69) is 36.6 Å². The summed E-state index contributed by atoms with van der Waals surface area (Å²) in [5, 5.41) is 4.30. The molecule has 2 aromatic carbocycles. The number of anilines is 1. The first kappa shape index (κ1) is 29.1. The molecule has 2 heterocycles. The molecule has 0 bridgehead atoms. The number of aromatic nitrogens is 2. The van der Waals surface area contributed by atoms with E-state index in [-0.39, 0.29) is 18.7 Å². The molecule has 1 atom stereocenters. The average molecular weight is 569 g/mol. The van der Waals surface area contributed by atoms with Crippen molar-refractivity contribution in [2.75, 3.05) is 18.6 Å². The summed E-state index contributed by atoms with van der Waals surface area (Å²) in [5.74, 6) is 1.73. The van der Waals surface area contributed by atoms with Gasteiger partial charge in [-0.3, -0.25) is 4.79 Å². The highest BCUT2D eigenvalue weighted by atomic mass is 28.3. The predicted molar refractivity (Wildman–Crippen MR) is 148 cm³/mol. The Hall–Kier alpha value is -3.88. The molecule has 7 nitrogen and oxygen atoms in total. The lowest BCUT2D eigenvalue weighted by Crippen LogP contribution is -2.60. The Morgan fingerprint density at radius 2 is 1.73 bits per heavy atom. The molecule has 0 radical (unpaired) electrons. The number of rotatable bonds is 7. The minimum Gasteiger partial charge on any atom is -0.360 e. The van der Waals surface area contributed by atoms with Crippen LogP contribution in [0.4, 0.5) is 23.7 Å². The molecular weight excluding hydrogens is 537 g/mol. The monoisotopic (exact) mass is 568 g/mol. The van der Waals surface area contributed by atoms with Gasteiger partial charge in [0.25, 0.3) is 0 Å². The molecule has 3 amide bonds. The Morgan fingerprint density at radius 3 is 2.38 bits per heavy atom. The molecule has 210 valence electrons. The lowest BCUT2D eigenvalue weighted by molar-refractivity contribution is -0.122. The third-order valence-corrected chi connectivity index (χ3v) is 8.56. The smallest absolute Gasteiger partial charge is 0.332 e. The minimum absolute atomic E-state index is 0.0300. The van der Waals surface area contributed by atoms with E-state index in [0.29, 0.717) is 22.6 Å². The SMILES string of the molecule is CN1C(=O)N(c2c(F)cc(C#Cc3cccc(F)c3)cc2F)C(=O)C[C@@]1(C)c1cnn(COCC[Si](C)(C)C)c1. The van der Waals surface area contributed by atoms with Crippen LogP contribution in [-0.4, -0.2) is 48.3 Å². The number of benzene rings is 2. The molecule has 11 heteroatoms. The first-order valence-corrected chi connectivity index (χ1v) is 16.5. The van der Waals surface area contributed by atoms with E-state index in [4.69, 9.17) is 4.74 Å². The van der Waals surface area contributed by atoms with E-state index in [9.17, 15) is 14.0 Å². The number of hydrogen-bond acceptors (Lipinski definition) is 4. The second-order valence-corrected chi connectivity index (χ2v) is 16.8. The molecule has 1 saturated heterocycles. The number of ether oxygens (including phenoxy) is 1. The van der Waals surface area contributed by atoms with Gasteiger partial charge in [-0.15, -0.1) is 0 Å². The van der Waals surface area contributed by atoms with Crippen molar-refractivity contribution < 1.29 is 27.5 Å². The summed E-state index contributed by atoms with van der Waals surface area (Å²) in [6.07, 6.45) is 3.04. The second-order valence-electron chi connectivity index (χ2n) is 11.2. The fourth-order valence-corrected chi connectivity index (χ4v) is 5.04. The molecule has 0 N–H and O–H groups in total. The molecule has 3 aromatic rings. The molecule has 1 aromatic heterocycles. The number of carbonyl (C=O) groups excluding carboxylic acids is 2. The molecule has 0 spiro atoms. The molecule has 1 aliphatic heterocycles. The maximum absolute atomic E-state index is 15.1. The zero-order valence-electron chi connectivity index (χ0n) is 23.1. The molecule has 1 aliphatic rings. The van der Waals surface area contributed by atoms with Crippen molar-refractivity contribution >= 4 is 25.7 Å². The topological polar surface area (TPSA) is 67.7 Å². The van der Waals surface area contributed by atoms with Gasteiger partial charge >= 0.3 is 6.03 Å². The summed E-state index contributed by atoms with van der Waals surface area (Å²) >= 11 is 0. The van der Waals surface area contributed by atoms with Gasteiger partial charge in [-0.2, -0.15) is 5.10 Å². The molecule has 0 saturated carbocycles. The van der Waals surface area contributed by atoms with E-state index in [0.717, 1.165) is 18.2 Å². The Balaban J connectivity index is 1.52. The Morgan fingerprint density at radius 1 is 1.05 bits per heavy atom. The third kappa shape index (κ3) is 6.29. The summed E-state index contributed by atoms with van der Waals surface area (Å²) in [6.45, 7) is 9.31. The van der Waals surface area contributed by atoms with Crippen molar-refractivity contribution in [3.63, 3.8) is 0 Å². The van der Waals surface area contributed by atoms with E-state index in [1.54, 1.807) is 30.1 Å². The van der Waals surface area contributed by atoms with E-state index >= 15 is 8.78 Å². The van der Waals surface area contributed by atoms with Crippen molar-refractivity contribution in [1.82, 2.24) is 14.7 Å². The predicted octanol–water partition coefficient (Wildman–Crippen LogP) is 5.72. The van der Waals surface area contributed by atoms with Gasteiger partial charge in [-0.05, 0) is 43.3 Å². The Kier molecular flexibility index (Phi) is 8.23. The Labute approximate surface area is 232 Å². The fraction of sp³-hybridized carbons (Fsp3) is 0.345. The van der Waals surface area contributed by atoms with Crippen molar-refractivity contribution in [2.24, 2.45) is 0 Å². The standard InChI is InChI=1S/C29H31F3N4O3Si/c1-29(22-17-33-35(18-22)19-39-11-12-40(3,4)5)16-26(37)36(28(38)34(29)2)27-24(31)14-21(15-25(27)32)10-9-20-7-6-8-23(30)13-20/h6-8,13-15,17-18H,11-12,16,19H2,1-5H3/t29-/m0/s1. The molecular formula is C29H31F3N4O3Si. The second kappa shape index (κ2) is 11.3. The van der Waals surface area contributed by atoms with Crippen molar-refractivity contribution in [2.45, 2.75) is 51.3 Å². The lowest BCUT2D eigenvalue weighted by Gasteiger charge is -2.45. The first-order valence-electron chi connectivity index (χ1n) is 12.8. The van der Waals surface area contributed by atoms with Crippen LogP contribution in [-0.2, 0) is 21.8 Å². The highest BCUT2D eigenvalue weighted by molar-refractivity contribution is 6.76. The largest absolute Gasteiger partial charge is 0.360 e. The van der Waals surface area contributed by atoms with Gasteiger partial charge in [0.1, 0.15) is 18.2 Å². The van der Waals surface area contributed by atoms with Gasteiger partial charge in [0.2, 0.25) is 5.91 Å². The van der Waals surface area contributed by atoms with Crippen LogP contribution in [0.15, 0.2) is 48.8 Å². The van der Waals surface area contributed by atoms with Crippen LogP contribution in [0.1, 0.15) is 30.0 Å². The van der Waals surface area contributed by atoms with Crippen LogP contribution >= 0.6 is 0 Å². The highest BCUT2D eigenvalue weighted by Crippen LogP contribution is 2.39. The van der Waals surface area contributed by atoms with E-state index in [1.165, 1.54) is 30.1 Å². The summed E-state index contributed by atoms with van der Waals surface area (Å²) in [5.41, 5.74) is -0.975. The number of amides is 3. The minimum atomic E-state index is -1.23. The zero-order chi connectivity index (χ0) is 29.2. The zero-order valence-corrected chi connectivity index (χ0v) is 24.1. The number of urea groups is 1. The van der Waals surface area contributed by atoms with Crippen molar-refractivity contribution in [3.8, 4) is 11.8 Å². The highest BCUT2D eigenvalue weighted by Gasteiger charge is 2.48. The van der Waals surface area contributed by atoms with Crippen LogP contribution in [0, 0.1) is 29.3 Å². The molecule has 1 fully saturated rings. The Bertz CT molecular complexity index is 1480. The van der Waals surface area contributed by atoms with Gasteiger partial charge in [0.15, 0.2) is 11.6 Å². The van der Waals surface area contributed by atoms with Gasteiger partial charge in [-0.1, -0.05) is 37.5 Å². The van der Waals surface area contributed by atoms with Gasteiger partial charge in [0.05, 0.1) is 18.2 Å². The fourth-order valence-electron chi connectivity index (χ4n) is 4.29. The average Bonchev–Trinajstić information content (AvgIpc) is 3.35. The van der Waals surface area contributed by atoms with Crippen molar-refractivity contribution in [3.05, 3.63) is 82.9 Å². The molecule has 40 heavy (non-hydrogen) atoms. The lowest BCUT2D eigenvalue weighted by atomic mass is 9.87.